The number of nitrogens with zero attached hydrogens (tertiary/aromatic N) is 2. The Morgan fingerprint density at radius 1 is 0.818 bits per heavy atom. The number of pyridine rings is 2. The van der Waals surface area contributed by atoms with Gasteiger partial charge in [0.15, 0.2) is 0 Å². The third-order valence-electron chi connectivity index (χ3n) is 3.45. The van der Waals surface area contributed by atoms with E-state index in [0.717, 1.165) is 27.8 Å². The first-order chi connectivity index (χ1) is 10.7. The van der Waals surface area contributed by atoms with Crippen molar-refractivity contribution in [1.82, 2.24) is 9.97 Å². The minimum Gasteiger partial charge on any atom is -0.481 e. The fourth-order valence-electron chi connectivity index (χ4n) is 2.44. The molecule has 0 unspecified atom stereocenters. The smallest absolute Gasteiger partial charge is 0.307 e. The number of carboxylic acid groups (broad SMARTS) is 1. The molecule has 0 saturated carbocycles. The zero-order valence-electron chi connectivity index (χ0n) is 11.8. The molecule has 0 bridgehead atoms. The van der Waals surface area contributed by atoms with Gasteiger partial charge in [0.2, 0.25) is 0 Å². The molecule has 3 rings (SSSR count). The molecule has 0 atom stereocenters. The summed E-state index contributed by atoms with van der Waals surface area (Å²) in [5.41, 5.74) is 4.67. The van der Waals surface area contributed by atoms with E-state index >= 15 is 0 Å². The lowest BCUT2D eigenvalue weighted by Crippen LogP contribution is -2.02. The van der Waals surface area contributed by atoms with Gasteiger partial charge in [-0.15, -0.1) is 0 Å². The third kappa shape index (κ3) is 3.01. The second kappa shape index (κ2) is 6.18. The van der Waals surface area contributed by atoms with Gasteiger partial charge in [-0.3, -0.25) is 14.8 Å². The number of carboxylic acids is 1. The molecule has 0 aliphatic heterocycles. The van der Waals surface area contributed by atoms with Crippen molar-refractivity contribution < 1.29 is 9.90 Å². The summed E-state index contributed by atoms with van der Waals surface area (Å²) in [6, 6.07) is 13.5. The second-order valence-electron chi connectivity index (χ2n) is 4.91. The van der Waals surface area contributed by atoms with Crippen molar-refractivity contribution in [3.63, 3.8) is 0 Å². The average Bonchev–Trinajstić information content (AvgIpc) is 2.56. The van der Waals surface area contributed by atoms with Gasteiger partial charge in [0.1, 0.15) is 0 Å². The molecular weight excluding hydrogens is 276 g/mol. The van der Waals surface area contributed by atoms with E-state index < -0.39 is 5.97 Å². The number of hydrogen-bond acceptors (Lipinski definition) is 3. The highest BCUT2D eigenvalue weighted by Crippen LogP contribution is 2.29. The summed E-state index contributed by atoms with van der Waals surface area (Å²) in [6.45, 7) is 0. The molecule has 1 aromatic carbocycles. The molecule has 3 aromatic rings. The van der Waals surface area contributed by atoms with Gasteiger partial charge in [-0.25, -0.2) is 0 Å². The van der Waals surface area contributed by atoms with E-state index in [1.165, 1.54) is 0 Å². The number of rotatable bonds is 4. The summed E-state index contributed by atoms with van der Waals surface area (Å²) < 4.78 is 0. The average molecular weight is 290 g/mol. The summed E-state index contributed by atoms with van der Waals surface area (Å²) in [5.74, 6) is -0.845. The molecule has 108 valence electrons. The Morgan fingerprint density at radius 3 is 2.00 bits per heavy atom. The van der Waals surface area contributed by atoms with Crippen molar-refractivity contribution in [1.29, 1.82) is 0 Å². The monoisotopic (exact) mass is 290 g/mol. The van der Waals surface area contributed by atoms with Crippen LogP contribution in [0.5, 0.6) is 0 Å². The van der Waals surface area contributed by atoms with Gasteiger partial charge >= 0.3 is 5.97 Å². The fraction of sp³-hybridized carbons (Fsp3) is 0.0556. The SMILES string of the molecule is O=C(O)Cc1cc(-c2ccncc2)ccc1-c1ccncc1. The van der Waals surface area contributed by atoms with Gasteiger partial charge in [0, 0.05) is 24.8 Å². The first kappa shape index (κ1) is 13.9. The first-order valence-corrected chi connectivity index (χ1v) is 6.89. The Balaban J connectivity index is 2.10. The largest absolute Gasteiger partial charge is 0.481 e. The molecule has 0 saturated heterocycles. The summed E-state index contributed by atoms with van der Waals surface area (Å²) in [7, 11) is 0. The molecule has 0 aliphatic carbocycles. The molecule has 0 fully saturated rings. The van der Waals surface area contributed by atoms with E-state index in [1.807, 2.05) is 42.5 Å². The van der Waals surface area contributed by atoms with E-state index in [0.29, 0.717) is 0 Å². The van der Waals surface area contributed by atoms with Gasteiger partial charge in [0.05, 0.1) is 6.42 Å². The lowest BCUT2D eigenvalue weighted by molar-refractivity contribution is -0.136. The normalized spacial score (nSPS) is 10.4. The Bertz CT molecular complexity index is 787. The lowest BCUT2D eigenvalue weighted by Gasteiger charge is -2.11. The molecule has 22 heavy (non-hydrogen) atoms. The van der Waals surface area contributed by atoms with Gasteiger partial charge in [0.25, 0.3) is 0 Å². The van der Waals surface area contributed by atoms with Crippen molar-refractivity contribution in [3.05, 3.63) is 72.8 Å². The molecule has 1 N–H and O–H groups in total. The van der Waals surface area contributed by atoms with E-state index in [9.17, 15) is 9.90 Å². The van der Waals surface area contributed by atoms with Crippen LogP contribution in [0.25, 0.3) is 22.3 Å². The van der Waals surface area contributed by atoms with Gasteiger partial charge in [-0.1, -0.05) is 12.1 Å². The molecule has 0 radical (unpaired) electrons. The van der Waals surface area contributed by atoms with E-state index in [1.54, 1.807) is 24.8 Å². The maximum atomic E-state index is 11.2. The topological polar surface area (TPSA) is 63.1 Å². The fourth-order valence-corrected chi connectivity index (χ4v) is 2.44. The summed E-state index contributed by atoms with van der Waals surface area (Å²) in [4.78, 5) is 19.2. The number of hydrogen-bond donors (Lipinski definition) is 1. The molecular formula is C18H14N2O2. The molecule has 2 aromatic heterocycles. The van der Waals surface area contributed by atoms with Crippen LogP contribution >= 0.6 is 0 Å². The maximum Gasteiger partial charge on any atom is 0.307 e. The molecule has 2 heterocycles. The zero-order chi connectivity index (χ0) is 15.4. The van der Waals surface area contributed by atoms with Crippen LogP contribution in [-0.4, -0.2) is 21.0 Å². The van der Waals surface area contributed by atoms with Crippen LogP contribution in [0.3, 0.4) is 0 Å². The number of aliphatic carboxylic acids is 1. The molecule has 0 spiro atoms. The van der Waals surface area contributed by atoms with E-state index in [2.05, 4.69) is 9.97 Å². The number of benzene rings is 1. The van der Waals surface area contributed by atoms with E-state index in [-0.39, 0.29) is 6.42 Å². The predicted molar refractivity (Wildman–Crippen MR) is 84.2 cm³/mol. The van der Waals surface area contributed by atoms with Gasteiger partial charge < -0.3 is 5.11 Å². The highest BCUT2D eigenvalue weighted by atomic mass is 16.4. The zero-order valence-corrected chi connectivity index (χ0v) is 11.8. The van der Waals surface area contributed by atoms with Crippen LogP contribution in [-0.2, 0) is 11.2 Å². The maximum absolute atomic E-state index is 11.2. The quantitative estimate of drug-likeness (QED) is 0.799. The summed E-state index contributed by atoms with van der Waals surface area (Å²) >= 11 is 0. The number of aromatic nitrogens is 2. The van der Waals surface area contributed by atoms with Crippen LogP contribution < -0.4 is 0 Å². The second-order valence-corrected chi connectivity index (χ2v) is 4.91. The highest BCUT2D eigenvalue weighted by molar-refractivity contribution is 5.79. The lowest BCUT2D eigenvalue weighted by atomic mass is 9.94. The standard InChI is InChI=1S/C18H14N2O2/c21-18(22)12-16-11-15(13-3-7-19-8-4-13)1-2-17(16)14-5-9-20-10-6-14/h1-11H,12H2,(H,21,22). The minimum atomic E-state index is -0.845. The van der Waals surface area contributed by atoms with Gasteiger partial charge in [-0.2, -0.15) is 0 Å². The molecule has 4 heteroatoms. The summed E-state index contributed by atoms with van der Waals surface area (Å²) in [6.07, 6.45) is 6.84. The van der Waals surface area contributed by atoms with E-state index in [4.69, 9.17) is 0 Å². The van der Waals surface area contributed by atoms with Crippen LogP contribution in [0, 0.1) is 0 Å². The van der Waals surface area contributed by atoms with Gasteiger partial charge in [-0.05, 0) is 58.1 Å². The first-order valence-electron chi connectivity index (χ1n) is 6.89. The van der Waals surface area contributed by atoms with Crippen molar-refractivity contribution in [3.8, 4) is 22.3 Å². The Hall–Kier alpha value is -3.01. The van der Waals surface area contributed by atoms with Crippen molar-refractivity contribution >= 4 is 5.97 Å². The minimum absolute atomic E-state index is 0.0173. The molecule has 4 nitrogen and oxygen atoms in total. The Kier molecular flexibility index (Phi) is 3.92. The van der Waals surface area contributed by atoms with Crippen LogP contribution in [0.4, 0.5) is 0 Å². The molecule has 0 aliphatic rings. The van der Waals surface area contributed by atoms with Crippen molar-refractivity contribution in [2.45, 2.75) is 6.42 Å². The molecule has 0 amide bonds. The van der Waals surface area contributed by atoms with Crippen LogP contribution in [0.1, 0.15) is 5.56 Å². The summed E-state index contributed by atoms with van der Waals surface area (Å²) in [5, 5.41) is 9.18. The van der Waals surface area contributed by atoms with Crippen LogP contribution in [0.2, 0.25) is 0 Å². The number of carbonyl (C=O) groups is 1. The Morgan fingerprint density at radius 2 is 1.41 bits per heavy atom. The predicted octanol–water partition coefficient (Wildman–Crippen LogP) is 3.44. The highest BCUT2D eigenvalue weighted by Gasteiger charge is 2.10. The Labute approximate surface area is 128 Å². The van der Waals surface area contributed by atoms with Crippen LogP contribution in [0.15, 0.2) is 67.3 Å². The van der Waals surface area contributed by atoms with Crippen molar-refractivity contribution in [2.75, 3.05) is 0 Å². The third-order valence-corrected chi connectivity index (χ3v) is 3.45. The van der Waals surface area contributed by atoms with Crippen molar-refractivity contribution in [2.24, 2.45) is 0 Å².